The number of methoxy groups -OCH3 is 1. The van der Waals surface area contributed by atoms with Crippen molar-refractivity contribution in [1.82, 2.24) is 4.98 Å². The van der Waals surface area contributed by atoms with E-state index in [0.717, 1.165) is 21.1 Å². The van der Waals surface area contributed by atoms with E-state index in [-0.39, 0.29) is 6.42 Å². The fraction of sp³-hybridized carbons (Fsp3) is 0.533. The molecule has 0 N–H and O–H groups in total. The highest BCUT2D eigenvalue weighted by Crippen LogP contribution is 2.66. The Kier molecular flexibility index (Phi) is 2.70. The van der Waals surface area contributed by atoms with Crippen LogP contribution < -0.4 is 9.64 Å². The quantitative estimate of drug-likeness (QED) is 0.840. The molecule has 1 saturated carbocycles. The number of hydrogen-bond donors (Lipinski definition) is 0. The number of rotatable bonds is 2. The highest BCUT2D eigenvalue weighted by molar-refractivity contribution is 7.22. The van der Waals surface area contributed by atoms with Crippen LogP contribution in [0.1, 0.15) is 19.3 Å². The number of benzene rings is 1. The van der Waals surface area contributed by atoms with Crippen molar-refractivity contribution in [3.8, 4) is 5.75 Å². The number of aromatic nitrogens is 1. The predicted molar refractivity (Wildman–Crippen MR) is 79.6 cm³/mol. The Morgan fingerprint density at radius 3 is 2.62 bits per heavy atom. The molecule has 2 aliphatic rings. The number of anilines is 1. The summed E-state index contributed by atoms with van der Waals surface area (Å²) in [5.74, 6) is -1.67. The molecule has 1 spiro atoms. The molecule has 1 aliphatic carbocycles. The summed E-state index contributed by atoms with van der Waals surface area (Å²) in [6, 6.07) is 5.85. The molecule has 2 fully saturated rings. The van der Waals surface area contributed by atoms with Gasteiger partial charge < -0.3 is 9.64 Å². The second kappa shape index (κ2) is 4.29. The summed E-state index contributed by atoms with van der Waals surface area (Å²) in [5, 5.41) is 0.910. The van der Waals surface area contributed by atoms with Crippen molar-refractivity contribution < 1.29 is 13.5 Å². The van der Waals surface area contributed by atoms with Crippen LogP contribution in [0.4, 0.5) is 13.9 Å². The molecule has 2 aromatic rings. The van der Waals surface area contributed by atoms with Gasteiger partial charge in [-0.25, -0.2) is 13.8 Å². The first-order chi connectivity index (χ1) is 10.0. The van der Waals surface area contributed by atoms with Crippen LogP contribution >= 0.6 is 11.3 Å². The van der Waals surface area contributed by atoms with Crippen LogP contribution in [-0.2, 0) is 0 Å². The molecule has 2 heterocycles. The first-order valence-corrected chi connectivity index (χ1v) is 7.93. The molecule has 21 heavy (non-hydrogen) atoms. The lowest BCUT2D eigenvalue weighted by Crippen LogP contribution is -2.36. The molecule has 1 aromatic carbocycles. The maximum absolute atomic E-state index is 13.4. The number of nitrogens with zero attached hydrogens (tertiary/aromatic N) is 2. The van der Waals surface area contributed by atoms with E-state index in [9.17, 15) is 8.78 Å². The molecule has 4 rings (SSSR count). The summed E-state index contributed by atoms with van der Waals surface area (Å²) >= 11 is 1.60. The summed E-state index contributed by atoms with van der Waals surface area (Å²) in [6.45, 7) is 1.33. The van der Waals surface area contributed by atoms with Gasteiger partial charge in [-0.2, -0.15) is 0 Å². The van der Waals surface area contributed by atoms with Gasteiger partial charge in [0.1, 0.15) is 11.3 Å². The Balaban J connectivity index is 1.58. The van der Waals surface area contributed by atoms with Crippen molar-refractivity contribution in [3.05, 3.63) is 18.2 Å². The zero-order chi connectivity index (χ0) is 14.7. The summed E-state index contributed by atoms with van der Waals surface area (Å²) in [6.07, 6.45) is 1.20. The van der Waals surface area contributed by atoms with E-state index >= 15 is 0 Å². The number of piperidine rings is 1. The maximum atomic E-state index is 13.4. The molecule has 112 valence electrons. The Morgan fingerprint density at radius 1 is 1.29 bits per heavy atom. The van der Waals surface area contributed by atoms with E-state index in [2.05, 4.69) is 9.88 Å². The second-order valence-corrected chi connectivity index (χ2v) is 6.96. The van der Waals surface area contributed by atoms with E-state index in [1.165, 1.54) is 0 Å². The molecule has 0 amide bonds. The van der Waals surface area contributed by atoms with Gasteiger partial charge in [0.2, 0.25) is 0 Å². The molecular formula is C15H16F2N2OS. The molecule has 1 aliphatic heterocycles. The Bertz CT molecular complexity index is 692. The van der Waals surface area contributed by atoms with Crippen molar-refractivity contribution in [2.75, 3.05) is 25.1 Å². The van der Waals surface area contributed by atoms with Crippen LogP contribution in [0, 0.1) is 5.41 Å². The van der Waals surface area contributed by atoms with Gasteiger partial charge in [-0.05, 0) is 25.0 Å². The Labute approximate surface area is 125 Å². The van der Waals surface area contributed by atoms with E-state index in [0.29, 0.717) is 25.9 Å². The van der Waals surface area contributed by atoms with Crippen molar-refractivity contribution in [1.29, 1.82) is 0 Å². The molecule has 3 nitrogen and oxygen atoms in total. The number of fused-ring (bicyclic) bond motifs is 1. The van der Waals surface area contributed by atoms with Crippen LogP contribution in [0.3, 0.4) is 0 Å². The summed E-state index contributed by atoms with van der Waals surface area (Å²) < 4.78 is 33.2. The van der Waals surface area contributed by atoms with E-state index in [1.54, 1.807) is 18.4 Å². The fourth-order valence-corrected chi connectivity index (χ4v) is 4.30. The third-order valence-corrected chi connectivity index (χ3v) is 5.87. The third kappa shape index (κ3) is 1.92. The largest absolute Gasteiger partial charge is 0.494 e. The second-order valence-electron chi connectivity index (χ2n) is 5.95. The van der Waals surface area contributed by atoms with Crippen LogP contribution in [0.2, 0.25) is 0 Å². The van der Waals surface area contributed by atoms with Crippen molar-refractivity contribution in [3.63, 3.8) is 0 Å². The first-order valence-electron chi connectivity index (χ1n) is 7.11. The van der Waals surface area contributed by atoms with Gasteiger partial charge in [0, 0.05) is 24.9 Å². The van der Waals surface area contributed by atoms with E-state index in [4.69, 9.17) is 4.74 Å². The highest BCUT2D eigenvalue weighted by atomic mass is 32.1. The van der Waals surface area contributed by atoms with Crippen LogP contribution in [0.25, 0.3) is 10.2 Å². The minimum Gasteiger partial charge on any atom is -0.494 e. The molecule has 0 unspecified atom stereocenters. The van der Waals surface area contributed by atoms with Gasteiger partial charge in [-0.1, -0.05) is 17.4 Å². The molecule has 1 saturated heterocycles. The average Bonchev–Trinajstić information content (AvgIpc) is 2.85. The topological polar surface area (TPSA) is 25.4 Å². The number of thiazole rings is 1. The number of ether oxygens (including phenoxy) is 1. The van der Waals surface area contributed by atoms with Crippen molar-refractivity contribution in [2.24, 2.45) is 5.41 Å². The van der Waals surface area contributed by atoms with Crippen LogP contribution in [0.15, 0.2) is 18.2 Å². The summed E-state index contributed by atoms with van der Waals surface area (Å²) in [4.78, 5) is 6.77. The number of para-hydroxylation sites is 1. The number of alkyl halides is 2. The van der Waals surface area contributed by atoms with Gasteiger partial charge >= 0.3 is 0 Å². The fourth-order valence-electron chi connectivity index (χ4n) is 3.26. The summed E-state index contributed by atoms with van der Waals surface area (Å²) in [7, 11) is 1.63. The monoisotopic (exact) mass is 310 g/mol. The lowest BCUT2D eigenvalue weighted by Gasteiger charge is -2.31. The van der Waals surface area contributed by atoms with Gasteiger partial charge in [-0.3, -0.25) is 0 Å². The number of hydrogen-bond acceptors (Lipinski definition) is 4. The highest BCUT2D eigenvalue weighted by Gasteiger charge is 2.70. The maximum Gasteiger partial charge on any atom is 0.254 e. The molecule has 6 heteroatoms. The Hall–Kier alpha value is -1.43. The minimum atomic E-state index is -2.43. The van der Waals surface area contributed by atoms with Gasteiger partial charge in [0.15, 0.2) is 5.13 Å². The van der Waals surface area contributed by atoms with E-state index in [1.807, 2.05) is 18.2 Å². The van der Waals surface area contributed by atoms with Crippen molar-refractivity contribution in [2.45, 2.75) is 25.2 Å². The molecule has 1 aromatic heterocycles. The van der Waals surface area contributed by atoms with Crippen LogP contribution in [0.5, 0.6) is 5.75 Å². The smallest absolute Gasteiger partial charge is 0.254 e. The minimum absolute atomic E-state index is 0.0709. The zero-order valence-electron chi connectivity index (χ0n) is 11.7. The summed E-state index contributed by atoms with van der Waals surface area (Å²) in [5.41, 5.74) is 0.148. The average molecular weight is 310 g/mol. The van der Waals surface area contributed by atoms with E-state index < -0.39 is 11.3 Å². The molecule has 0 atom stereocenters. The van der Waals surface area contributed by atoms with Gasteiger partial charge in [0.05, 0.1) is 11.8 Å². The zero-order valence-corrected chi connectivity index (χ0v) is 12.6. The van der Waals surface area contributed by atoms with Gasteiger partial charge in [-0.15, -0.1) is 0 Å². The lowest BCUT2D eigenvalue weighted by atomic mass is 9.93. The van der Waals surface area contributed by atoms with Crippen LogP contribution in [-0.4, -0.2) is 31.1 Å². The van der Waals surface area contributed by atoms with Crippen molar-refractivity contribution >= 4 is 26.7 Å². The molecular weight excluding hydrogens is 294 g/mol. The first kappa shape index (κ1) is 13.2. The normalized spacial score (nSPS) is 22.7. The van der Waals surface area contributed by atoms with Gasteiger partial charge in [0.25, 0.3) is 5.92 Å². The SMILES string of the molecule is COc1cccc2sc(N3CCC4(CC3)CC4(F)F)nc12. The molecule has 0 bridgehead atoms. The molecule has 0 radical (unpaired) electrons. The Morgan fingerprint density at radius 2 is 2.00 bits per heavy atom. The lowest BCUT2D eigenvalue weighted by molar-refractivity contribution is 0.0537. The third-order valence-electron chi connectivity index (χ3n) is 4.79. The predicted octanol–water partition coefficient (Wildman–Crippen LogP) is 3.93. The standard InChI is InChI=1S/C15H16F2N2OS/c1-20-10-3-2-4-11-12(10)18-13(21-11)19-7-5-14(6-8-19)9-15(14,16)17/h2-4H,5-9H2,1H3. The number of halogens is 2.